The highest BCUT2D eigenvalue weighted by Crippen LogP contribution is 2.48. The summed E-state index contributed by atoms with van der Waals surface area (Å²) in [6.07, 6.45) is 5.70. The van der Waals surface area contributed by atoms with Crippen molar-refractivity contribution >= 4 is 23.4 Å². The lowest BCUT2D eigenvalue weighted by Gasteiger charge is -2.48. The molecule has 3 aliphatic rings. The zero-order chi connectivity index (χ0) is 28.4. The number of amides is 2. The standard InChI is InChI=1S/C32H42ClN3O4/c1-5-8-22-23-9-7-10-24(22)34-18(3)27-28(20-13-16-25(40-6-2)26(17-20)39-4)30(32(38)35-29(23)27)36-31(37)19-11-14-21(33)15-12-19/h11-18,22-24,27-30,34H,5-10H2,1-4H3,(H,35,38)(H,36,37)/t18?,22?,23?,24?,27?,28-,29?,30+/m1/s1. The molecule has 5 rings (SSSR count). The summed E-state index contributed by atoms with van der Waals surface area (Å²) in [5.41, 5.74) is 1.43. The molecule has 1 saturated carbocycles. The summed E-state index contributed by atoms with van der Waals surface area (Å²) in [7, 11) is 1.63. The molecule has 3 N–H and O–H groups in total. The summed E-state index contributed by atoms with van der Waals surface area (Å²) >= 11 is 6.06. The van der Waals surface area contributed by atoms with E-state index < -0.39 is 6.04 Å². The van der Waals surface area contributed by atoms with Gasteiger partial charge in [-0.3, -0.25) is 9.59 Å². The van der Waals surface area contributed by atoms with Gasteiger partial charge in [-0.2, -0.15) is 0 Å². The Balaban J connectivity index is 1.58. The lowest BCUT2D eigenvalue weighted by atomic mass is 9.63. The second-order valence-corrected chi connectivity index (χ2v) is 12.0. The van der Waals surface area contributed by atoms with Crippen LogP contribution in [0.25, 0.3) is 0 Å². The van der Waals surface area contributed by atoms with Crippen LogP contribution in [0.5, 0.6) is 11.5 Å². The van der Waals surface area contributed by atoms with Gasteiger partial charge in [-0.25, -0.2) is 0 Å². The number of carbonyl (C=O) groups excluding carboxylic acids is 2. The summed E-state index contributed by atoms with van der Waals surface area (Å²) in [5.74, 6) is 1.59. The van der Waals surface area contributed by atoms with E-state index >= 15 is 0 Å². The molecule has 7 nitrogen and oxygen atoms in total. The summed E-state index contributed by atoms with van der Waals surface area (Å²) in [4.78, 5) is 27.4. The molecule has 3 fully saturated rings. The number of nitrogens with one attached hydrogen (secondary N) is 3. The van der Waals surface area contributed by atoms with Gasteiger partial charge < -0.3 is 25.4 Å². The minimum absolute atomic E-state index is 0.0168. The first-order chi connectivity index (χ1) is 19.4. The fraction of sp³-hybridized carbons (Fsp3) is 0.562. The lowest BCUT2D eigenvalue weighted by molar-refractivity contribution is -0.129. The van der Waals surface area contributed by atoms with Crippen LogP contribution in [0, 0.1) is 17.8 Å². The molecule has 216 valence electrons. The largest absolute Gasteiger partial charge is 0.493 e. The Kier molecular flexibility index (Phi) is 8.91. The molecule has 2 aromatic carbocycles. The number of carbonyl (C=O) groups is 2. The number of rotatable bonds is 8. The first-order valence-corrected chi connectivity index (χ1v) is 15.2. The van der Waals surface area contributed by atoms with Crippen LogP contribution in [-0.2, 0) is 4.79 Å². The van der Waals surface area contributed by atoms with E-state index in [-0.39, 0.29) is 35.7 Å². The number of benzene rings is 2. The van der Waals surface area contributed by atoms with Gasteiger partial charge in [0.25, 0.3) is 5.91 Å². The number of ether oxygens (including phenoxy) is 2. The highest BCUT2D eigenvalue weighted by atomic mass is 35.5. The van der Waals surface area contributed by atoms with E-state index in [1.807, 2.05) is 25.1 Å². The van der Waals surface area contributed by atoms with Crippen LogP contribution in [0.4, 0.5) is 0 Å². The third-order valence-electron chi connectivity index (χ3n) is 9.30. The van der Waals surface area contributed by atoms with Crippen molar-refractivity contribution in [2.75, 3.05) is 13.7 Å². The smallest absolute Gasteiger partial charge is 0.251 e. The van der Waals surface area contributed by atoms with Crippen LogP contribution in [0.15, 0.2) is 42.5 Å². The molecule has 1 aliphatic carbocycles. The third-order valence-corrected chi connectivity index (χ3v) is 9.55. The molecule has 0 radical (unpaired) electrons. The van der Waals surface area contributed by atoms with E-state index in [2.05, 4.69) is 29.8 Å². The number of methoxy groups -OCH3 is 1. The van der Waals surface area contributed by atoms with E-state index in [4.69, 9.17) is 21.1 Å². The molecule has 2 bridgehead atoms. The molecule has 6 unspecified atom stereocenters. The summed E-state index contributed by atoms with van der Waals surface area (Å²) in [6.45, 7) is 6.96. The van der Waals surface area contributed by atoms with E-state index in [0.29, 0.717) is 46.6 Å². The lowest BCUT2D eigenvalue weighted by Crippen LogP contribution is -2.65. The molecular weight excluding hydrogens is 526 g/mol. The molecule has 8 heteroatoms. The van der Waals surface area contributed by atoms with Crippen molar-refractivity contribution in [3.05, 3.63) is 58.6 Å². The maximum atomic E-state index is 14.0. The SMILES string of the molecule is CCCC1C2CCCC1C1NC(=O)[C@@H](NC(=O)c3ccc(Cl)cc3)[C@H](c3ccc(OCC)c(OC)c3)C1C(C)N2. The van der Waals surface area contributed by atoms with Gasteiger partial charge in [0.1, 0.15) is 6.04 Å². The molecule has 2 aliphatic heterocycles. The molecule has 40 heavy (non-hydrogen) atoms. The molecule has 0 aromatic heterocycles. The van der Waals surface area contributed by atoms with E-state index in [9.17, 15) is 9.59 Å². The quantitative estimate of drug-likeness (QED) is 0.402. The minimum Gasteiger partial charge on any atom is -0.493 e. The number of hydrogen-bond acceptors (Lipinski definition) is 5. The molecule has 8 atom stereocenters. The maximum absolute atomic E-state index is 14.0. The second-order valence-electron chi connectivity index (χ2n) is 11.5. The topological polar surface area (TPSA) is 88.7 Å². The Morgan fingerprint density at radius 2 is 1.88 bits per heavy atom. The van der Waals surface area contributed by atoms with Gasteiger partial charge in [0.05, 0.1) is 13.7 Å². The highest BCUT2D eigenvalue weighted by Gasteiger charge is 2.54. The van der Waals surface area contributed by atoms with Crippen molar-refractivity contribution in [3.63, 3.8) is 0 Å². The van der Waals surface area contributed by atoms with Gasteiger partial charge in [0.15, 0.2) is 11.5 Å². The van der Waals surface area contributed by atoms with Crippen molar-refractivity contribution in [2.45, 2.75) is 83.0 Å². The van der Waals surface area contributed by atoms with Crippen molar-refractivity contribution in [1.82, 2.24) is 16.0 Å². The van der Waals surface area contributed by atoms with Crippen LogP contribution >= 0.6 is 11.6 Å². The monoisotopic (exact) mass is 567 g/mol. The Labute approximate surface area is 242 Å². The van der Waals surface area contributed by atoms with Gasteiger partial charge in [-0.15, -0.1) is 0 Å². The molecule has 2 aromatic rings. The zero-order valence-electron chi connectivity index (χ0n) is 23.9. The summed E-state index contributed by atoms with van der Waals surface area (Å²) < 4.78 is 11.5. The van der Waals surface area contributed by atoms with Gasteiger partial charge in [0.2, 0.25) is 5.91 Å². The van der Waals surface area contributed by atoms with Crippen LogP contribution in [0.2, 0.25) is 5.02 Å². The molecule has 2 saturated heterocycles. The van der Waals surface area contributed by atoms with Gasteiger partial charge in [0, 0.05) is 40.5 Å². The normalized spacial score (nSPS) is 31.4. The Morgan fingerprint density at radius 3 is 2.58 bits per heavy atom. The Morgan fingerprint density at radius 1 is 1.10 bits per heavy atom. The maximum Gasteiger partial charge on any atom is 0.251 e. The Hall–Kier alpha value is -2.77. The van der Waals surface area contributed by atoms with Gasteiger partial charge in [-0.1, -0.05) is 37.4 Å². The first kappa shape index (κ1) is 28.7. The Bertz CT molecular complexity index is 1210. The van der Waals surface area contributed by atoms with Gasteiger partial charge in [-0.05, 0) is 86.9 Å². The summed E-state index contributed by atoms with van der Waals surface area (Å²) in [5, 5.41) is 11.1. The van der Waals surface area contributed by atoms with Crippen molar-refractivity contribution in [1.29, 1.82) is 0 Å². The van der Waals surface area contributed by atoms with Crippen molar-refractivity contribution in [3.8, 4) is 11.5 Å². The van der Waals surface area contributed by atoms with Crippen LogP contribution in [0.1, 0.15) is 74.7 Å². The predicted molar refractivity (Wildman–Crippen MR) is 157 cm³/mol. The average Bonchev–Trinajstić information content (AvgIpc) is 3.00. The molecule has 0 spiro atoms. The van der Waals surface area contributed by atoms with Crippen LogP contribution in [-0.4, -0.2) is 49.7 Å². The fourth-order valence-electron chi connectivity index (χ4n) is 7.69. The third kappa shape index (κ3) is 5.55. The van der Waals surface area contributed by atoms with E-state index in [1.165, 1.54) is 0 Å². The van der Waals surface area contributed by atoms with E-state index in [0.717, 1.165) is 37.7 Å². The predicted octanol–water partition coefficient (Wildman–Crippen LogP) is 5.32. The first-order valence-electron chi connectivity index (χ1n) is 14.8. The molecule has 2 amide bonds. The molecule has 2 heterocycles. The summed E-state index contributed by atoms with van der Waals surface area (Å²) in [6, 6.07) is 12.5. The number of hydrogen-bond donors (Lipinski definition) is 3. The highest BCUT2D eigenvalue weighted by molar-refractivity contribution is 6.30. The van der Waals surface area contributed by atoms with E-state index in [1.54, 1.807) is 31.4 Å². The van der Waals surface area contributed by atoms with Crippen molar-refractivity contribution in [2.24, 2.45) is 17.8 Å². The molecular formula is C32H42ClN3O4. The fourth-order valence-corrected chi connectivity index (χ4v) is 7.81. The van der Waals surface area contributed by atoms with Gasteiger partial charge >= 0.3 is 0 Å². The zero-order valence-corrected chi connectivity index (χ0v) is 24.7. The number of halogens is 1. The van der Waals surface area contributed by atoms with Crippen LogP contribution < -0.4 is 25.4 Å². The number of piperidine rings is 1. The second kappa shape index (κ2) is 12.4. The number of fused-ring (bicyclic) bond motifs is 4. The average molecular weight is 568 g/mol. The minimum atomic E-state index is -0.751. The van der Waals surface area contributed by atoms with Crippen LogP contribution in [0.3, 0.4) is 0 Å². The van der Waals surface area contributed by atoms with Crippen molar-refractivity contribution < 1.29 is 19.1 Å².